The summed E-state index contributed by atoms with van der Waals surface area (Å²) in [7, 11) is 3.20. The molecule has 1 aromatic heterocycles. The molecule has 0 spiro atoms. The monoisotopic (exact) mass is 247 g/mol. The number of methoxy groups -OCH3 is 2. The second-order valence-corrected chi connectivity index (χ2v) is 4.45. The van der Waals surface area contributed by atoms with Gasteiger partial charge >= 0.3 is 0 Å². The van der Waals surface area contributed by atoms with Gasteiger partial charge < -0.3 is 14.6 Å². The largest absolute Gasteiger partial charge is 0.493 e. The summed E-state index contributed by atoms with van der Waals surface area (Å²) >= 11 is 0. The van der Waals surface area contributed by atoms with Gasteiger partial charge in [-0.1, -0.05) is 13.8 Å². The summed E-state index contributed by atoms with van der Waals surface area (Å²) in [5, 5.41) is 11.5. The van der Waals surface area contributed by atoms with Crippen molar-refractivity contribution in [1.82, 2.24) is 4.98 Å². The molecule has 0 saturated heterocycles. The zero-order chi connectivity index (χ0) is 13.3. The quantitative estimate of drug-likeness (QED) is 0.905. The minimum Gasteiger partial charge on any atom is -0.493 e. The van der Waals surface area contributed by atoms with E-state index >= 15 is 0 Å². The number of hydrogen-bond acceptors (Lipinski definition) is 4. The molecule has 4 heteroatoms. The molecule has 0 atom stereocenters. The highest BCUT2D eigenvalue weighted by atomic mass is 16.5. The van der Waals surface area contributed by atoms with Gasteiger partial charge in [0.25, 0.3) is 0 Å². The lowest BCUT2D eigenvalue weighted by Crippen LogP contribution is -1.97. The summed E-state index contributed by atoms with van der Waals surface area (Å²) in [5.41, 5.74) is 0.853. The highest BCUT2D eigenvalue weighted by molar-refractivity contribution is 5.89. The third-order valence-corrected chi connectivity index (χ3v) is 2.90. The van der Waals surface area contributed by atoms with Crippen LogP contribution < -0.4 is 9.47 Å². The summed E-state index contributed by atoms with van der Waals surface area (Å²) < 4.78 is 10.6. The fraction of sp³-hybridized carbons (Fsp3) is 0.357. The van der Waals surface area contributed by atoms with E-state index in [9.17, 15) is 5.11 Å². The maximum absolute atomic E-state index is 9.67. The summed E-state index contributed by atoms with van der Waals surface area (Å²) in [6.45, 7) is 4.08. The molecule has 1 aromatic carbocycles. The fourth-order valence-electron chi connectivity index (χ4n) is 2.03. The van der Waals surface area contributed by atoms with Crippen molar-refractivity contribution in [2.75, 3.05) is 14.2 Å². The van der Waals surface area contributed by atoms with Crippen molar-refractivity contribution in [3.63, 3.8) is 0 Å². The molecule has 0 unspecified atom stereocenters. The molecule has 0 amide bonds. The molecule has 1 N–H and O–H groups in total. The second kappa shape index (κ2) is 4.72. The molecule has 0 aliphatic heterocycles. The molecular weight excluding hydrogens is 230 g/mol. The van der Waals surface area contributed by atoms with Gasteiger partial charge in [0.05, 0.1) is 19.9 Å². The van der Waals surface area contributed by atoms with E-state index in [1.54, 1.807) is 20.3 Å². The fourth-order valence-corrected chi connectivity index (χ4v) is 2.03. The topological polar surface area (TPSA) is 51.6 Å². The van der Waals surface area contributed by atoms with Gasteiger partial charge in [0.1, 0.15) is 0 Å². The Balaban J connectivity index is 2.79. The molecule has 0 saturated carbocycles. The van der Waals surface area contributed by atoms with Crippen LogP contribution in [0.1, 0.15) is 25.5 Å². The lowest BCUT2D eigenvalue weighted by molar-refractivity contribution is 0.355. The number of fused-ring (bicyclic) bond motifs is 1. The van der Waals surface area contributed by atoms with Crippen LogP contribution >= 0.6 is 0 Å². The number of pyridine rings is 1. The number of aromatic nitrogens is 1. The third kappa shape index (κ3) is 2.06. The molecule has 0 bridgehead atoms. The molecular formula is C14H17NO3. The van der Waals surface area contributed by atoms with Gasteiger partial charge in [-0.2, -0.15) is 0 Å². The molecule has 2 aromatic rings. The molecule has 0 radical (unpaired) electrons. The van der Waals surface area contributed by atoms with Gasteiger partial charge in [-0.15, -0.1) is 0 Å². The van der Waals surface area contributed by atoms with Gasteiger partial charge in [-0.3, -0.25) is 0 Å². The van der Waals surface area contributed by atoms with Crippen LogP contribution in [0.15, 0.2) is 18.2 Å². The predicted octanol–water partition coefficient (Wildman–Crippen LogP) is 3.08. The van der Waals surface area contributed by atoms with Crippen LogP contribution in [0.3, 0.4) is 0 Å². The average molecular weight is 247 g/mol. The standard InChI is InChI=1S/C14H17NO3/c1-8(2)14-10-7-12(18-4)11(17-3)5-9(10)6-13(16)15-14/h5-8H,1-4H3,(H,15,16). The molecule has 18 heavy (non-hydrogen) atoms. The van der Waals surface area contributed by atoms with E-state index in [1.165, 1.54) is 0 Å². The molecule has 0 aliphatic rings. The lowest BCUT2D eigenvalue weighted by Gasteiger charge is -2.13. The number of aromatic hydroxyl groups is 1. The Hall–Kier alpha value is -1.97. The zero-order valence-corrected chi connectivity index (χ0v) is 11.0. The minimum atomic E-state index is 0.0263. The summed E-state index contributed by atoms with van der Waals surface area (Å²) in [6, 6.07) is 5.38. The van der Waals surface area contributed by atoms with E-state index in [2.05, 4.69) is 4.98 Å². The van der Waals surface area contributed by atoms with Crippen molar-refractivity contribution < 1.29 is 14.6 Å². The second-order valence-electron chi connectivity index (χ2n) is 4.45. The Morgan fingerprint density at radius 3 is 2.22 bits per heavy atom. The third-order valence-electron chi connectivity index (χ3n) is 2.90. The van der Waals surface area contributed by atoms with Crippen LogP contribution in [0, 0.1) is 0 Å². The van der Waals surface area contributed by atoms with Crippen molar-refractivity contribution >= 4 is 10.8 Å². The van der Waals surface area contributed by atoms with Crippen molar-refractivity contribution in [1.29, 1.82) is 0 Å². The highest BCUT2D eigenvalue weighted by Crippen LogP contribution is 2.36. The zero-order valence-electron chi connectivity index (χ0n) is 11.0. The SMILES string of the molecule is COc1cc2cc(O)nc(C(C)C)c2cc1OC. The van der Waals surface area contributed by atoms with E-state index in [1.807, 2.05) is 26.0 Å². The lowest BCUT2D eigenvalue weighted by atomic mass is 10.0. The van der Waals surface area contributed by atoms with Crippen molar-refractivity contribution in [2.45, 2.75) is 19.8 Å². The van der Waals surface area contributed by atoms with Crippen LogP contribution in [0.5, 0.6) is 17.4 Å². The van der Waals surface area contributed by atoms with Crippen molar-refractivity contribution in [3.8, 4) is 17.4 Å². The van der Waals surface area contributed by atoms with Gasteiger partial charge in [0, 0.05) is 11.5 Å². The normalized spacial score (nSPS) is 10.9. The van der Waals surface area contributed by atoms with Crippen LogP contribution in [0.4, 0.5) is 0 Å². The number of nitrogens with zero attached hydrogens (tertiary/aromatic N) is 1. The Morgan fingerprint density at radius 1 is 1.06 bits per heavy atom. The van der Waals surface area contributed by atoms with Crippen molar-refractivity contribution in [2.24, 2.45) is 0 Å². The molecule has 0 aliphatic carbocycles. The first-order chi connectivity index (χ1) is 8.56. The Bertz CT molecular complexity index is 579. The maximum atomic E-state index is 9.67. The Labute approximate surface area is 106 Å². The predicted molar refractivity (Wildman–Crippen MR) is 70.6 cm³/mol. The summed E-state index contributed by atoms with van der Waals surface area (Å²) in [4.78, 5) is 4.19. The Kier molecular flexibility index (Phi) is 3.28. The van der Waals surface area contributed by atoms with Crippen LogP contribution in [-0.4, -0.2) is 24.3 Å². The van der Waals surface area contributed by atoms with Gasteiger partial charge in [0.15, 0.2) is 11.5 Å². The maximum Gasteiger partial charge on any atom is 0.211 e. The summed E-state index contributed by atoms with van der Waals surface area (Å²) in [6.07, 6.45) is 0. The number of ether oxygens (including phenoxy) is 2. The summed E-state index contributed by atoms with van der Waals surface area (Å²) in [5.74, 6) is 1.56. The molecule has 4 nitrogen and oxygen atoms in total. The van der Waals surface area contributed by atoms with E-state index in [-0.39, 0.29) is 11.8 Å². The minimum absolute atomic E-state index is 0.0263. The molecule has 0 fully saturated rings. The van der Waals surface area contributed by atoms with Gasteiger partial charge in [-0.25, -0.2) is 4.98 Å². The van der Waals surface area contributed by atoms with E-state index in [0.29, 0.717) is 11.5 Å². The van der Waals surface area contributed by atoms with Crippen LogP contribution in [-0.2, 0) is 0 Å². The van der Waals surface area contributed by atoms with Crippen LogP contribution in [0.25, 0.3) is 10.8 Å². The molecule has 2 rings (SSSR count). The molecule has 96 valence electrons. The first kappa shape index (κ1) is 12.5. The van der Waals surface area contributed by atoms with Gasteiger partial charge in [-0.05, 0) is 23.4 Å². The van der Waals surface area contributed by atoms with Crippen LogP contribution in [0.2, 0.25) is 0 Å². The average Bonchev–Trinajstić information content (AvgIpc) is 2.35. The van der Waals surface area contributed by atoms with E-state index < -0.39 is 0 Å². The highest BCUT2D eigenvalue weighted by Gasteiger charge is 2.13. The number of hydrogen-bond donors (Lipinski definition) is 1. The number of rotatable bonds is 3. The van der Waals surface area contributed by atoms with E-state index in [4.69, 9.17) is 9.47 Å². The van der Waals surface area contributed by atoms with E-state index in [0.717, 1.165) is 16.5 Å². The van der Waals surface area contributed by atoms with Gasteiger partial charge in [0.2, 0.25) is 5.88 Å². The Morgan fingerprint density at radius 2 is 1.67 bits per heavy atom. The molecule has 1 heterocycles. The van der Waals surface area contributed by atoms with Crippen molar-refractivity contribution in [3.05, 3.63) is 23.9 Å². The smallest absolute Gasteiger partial charge is 0.211 e. The first-order valence-corrected chi connectivity index (χ1v) is 5.82. The number of benzene rings is 1. The first-order valence-electron chi connectivity index (χ1n) is 5.82.